The number of terminal acetylenes is 1. The van der Waals surface area contributed by atoms with Gasteiger partial charge in [-0.1, -0.05) is 5.92 Å². The van der Waals surface area contributed by atoms with Crippen LogP contribution in [0.5, 0.6) is 0 Å². The van der Waals surface area contributed by atoms with E-state index in [4.69, 9.17) is 16.8 Å². The van der Waals surface area contributed by atoms with E-state index in [9.17, 15) is 9.59 Å². The molecule has 0 saturated heterocycles. The van der Waals surface area contributed by atoms with Crippen LogP contribution < -0.4 is 0 Å². The number of ether oxygens (including phenoxy) is 1. The van der Waals surface area contributed by atoms with Gasteiger partial charge in [0.05, 0.1) is 6.07 Å². The Labute approximate surface area is 87.6 Å². The standard InChI is InChI=1S/C10H11NO4/c1-2-8(6-4-3-5-7-11)15-10(14)9(12)13/h1,8H,3-6H2,(H,12,13). The van der Waals surface area contributed by atoms with Crippen LogP contribution in [0, 0.1) is 23.7 Å². The SMILES string of the molecule is C#CC(CCCCC#N)OC(=O)C(=O)O. The molecule has 0 amide bonds. The van der Waals surface area contributed by atoms with Gasteiger partial charge >= 0.3 is 11.9 Å². The molecule has 0 aliphatic rings. The quantitative estimate of drug-likeness (QED) is 0.311. The Hall–Kier alpha value is -2.01. The van der Waals surface area contributed by atoms with E-state index in [1.807, 2.05) is 6.07 Å². The molecule has 15 heavy (non-hydrogen) atoms. The number of nitrogens with zero attached hydrogens (tertiary/aromatic N) is 1. The first-order valence-electron chi connectivity index (χ1n) is 4.38. The number of carboxylic acids is 1. The Balaban J connectivity index is 3.85. The van der Waals surface area contributed by atoms with E-state index in [1.165, 1.54) is 0 Å². The molecule has 0 aliphatic heterocycles. The lowest BCUT2D eigenvalue weighted by atomic mass is 10.1. The molecule has 0 aromatic heterocycles. The van der Waals surface area contributed by atoms with Crippen molar-refractivity contribution in [3.63, 3.8) is 0 Å². The summed E-state index contributed by atoms with van der Waals surface area (Å²) in [5.74, 6) is -0.833. The van der Waals surface area contributed by atoms with Crippen molar-refractivity contribution in [1.29, 1.82) is 5.26 Å². The Morgan fingerprint density at radius 3 is 2.60 bits per heavy atom. The number of rotatable bonds is 5. The molecule has 0 aromatic carbocycles. The highest BCUT2D eigenvalue weighted by Crippen LogP contribution is 2.06. The van der Waals surface area contributed by atoms with Gasteiger partial charge in [0.15, 0.2) is 6.10 Å². The molecule has 0 aliphatic carbocycles. The molecule has 1 atom stereocenters. The van der Waals surface area contributed by atoms with Crippen molar-refractivity contribution in [3.05, 3.63) is 0 Å². The third kappa shape index (κ3) is 6.11. The normalized spacial score (nSPS) is 10.8. The van der Waals surface area contributed by atoms with E-state index in [1.54, 1.807) is 0 Å². The van der Waals surface area contributed by atoms with Crippen molar-refractivity contribution in [2.24, 2.45) is 0 Å². The molecule has 0 radical (unpaired) electrons. The van der Waals surface area contributed by atoms with Gasteiger partial charge in [-0.3, -0.25) is 0 Å². The molecule has 1 unspecified atom stereocenters. The molecule has 0 spiro atoms. The van der Waals surface area contributed by atoms with Gasteiger partial charge in [-0.25, -0.2) is 9.59 Å². The fraction of sp³-hybridized carbons (Fsp3) is 0.500. The molecular formula is C10H11NO4. The van der Waals surface area contributed by atoms with Crippen molar-refractivity contribution in [1.82, 2.24) is 0 Å². The summed E-state index contributed by atoms with van der Waals surface area (Å²) >= 11 is 0. The van der Waals surface area contributed by atoms with Crippen molar-refractivity contribution in [2.45, 2.75) is 31.8 Å². The van der Waals surface area contributed by atoms with Gasteiger partial charge in [0, 0.05) is 6.42 Å². The van der Waals surface area contributed by atoms with Crippen molar-refractivity contribution in [3.8, 4) is 18.4 Å². The van der Waals surface area contributed by atoms with E-state index in [2.05, 4.69) is 10.7 Å². The molecule has 0 fully saturated rings. The molecule has 0 saturated carbocycles. The summed E-state index contributed by atoms with van der Waals surface area (Å²) in [6.45, 7) is 0. The van der Waals surface area contributed by atoms with E-state index in [0.29, 0.717) is 25.7 Å². The van der Waals surface area contributed by atoms with Gasteiger partial charge < -0.3 is 9.84 Å². The third-order valence-electron chi connectivity index (χ3n) is 1.61. The van der Waals surface area contributed by atoms with E-state index in [-0.39, 0.29) is 0 Å². The zero-order valence-electron chi connectivity index (χ0n) is 8.10. The van der Waals surface area contributed by atoms with Crippen molar-refractivity contribution in [2.75, 3.05) is 0 Å². The molecule has 80 valence electrons. The third-order valence-corrected chi connectivity index (χ3v) is 1.61. The minimum Gasteiger partial charge on any atom is -0.473 e. The van der Waals surface area contributed by atoms with Crippen molar-refractivity contribution >= 4 is 11.9 Å². The number of carbonyl (C=O) groups excluding carboxylic acids is 1. The topological polar surface area (TPSA) is 87.4 Å². The first kappa shape index (κ1) is 13.0. The van der Waals surface area contributed by atoms with Gasteiger partial charge in [0.2, 0.25) is 0 Å². The zero-order valence-corrected chi connectivity index (χ0v) is 8.10. The van der Waals surface area contributed by atoms with E-state index < -0.39 is 18.0 Å². The van der Waals surface area contributed by atoms with E-state index >= 15 is 0 Å². The lowest BCUT2D eigenvalue weighted by molar-refractivity contribution is -0.165. The van der Waals surface area contributed by atoms with Crippen LogP contribution in [0.25, 0.3) is 0 Å². The summed E-state index contributed by atoms with van der Waals surface area (Å²) in [5.41, 5.74) is 0. The Morgan fingerprint density at radius 1 is 1.47 bits per heavy atom. The number of hydrogen-bond acceptors (Lipinski definition) is 4. The largest absolute Gasteiger partial charge is 0.473 e. The number of carboxylic acid groups (broad SMARTS) is 1. The molecule has 0 heterocycles. The summed E-state index contributed by atoms with van der Waals surface area (Å²) < 4.78 is 4.48. The predicted molar refractivity (Wildman–Crippen MR) is 50.4 cm³/mol. The maximum atomic E-state index is 10.6. The van der Waals surface area contributed by atoms with Crippen LogP contribution in [-0.2, 0) is 14.3 Å². The Kier molecular flexibility index (Phi) is 6.41. The molecule has 5 nitrogen and oxygen atoms in total. The summed E-state index contributed by atoms with van der Waals surface area (Å²) in [6, 6.07) is 1.96. The molecule has 0 rings (SSSR count). The second kappa shape index (κ2) is 7.40. The summed E-state index contributed by atoms with van der Waals surface area (Å²) in [4.78, 5) is 20.8. The van der Waals surface area contributed by atoms with Gasteiger partial charge in [-0.2, -0.15) is 5.26 Å². The highest BCUT2D eigenvalue weighted by molar-refractivity contribution is 6.28. The van der Waals surface area contributed by atoms with Crippen molar-refractivity contribution < 1.29 is 19.4 Å². The Morgan fingerprint density at radius 2 is 2.13 bits per heavy atom. The molecule has 0 bridgehead atoms. The summed E-state index contributed by atoms with van der Waals surface area (Å²) in [7, 11) is 0. The number of esters is 1. The number of hydrogen-bond donors (Lipinski definition) is 1. The number of aliphatic carboxylic acids is 1. The molecule has 1 N–H and O–H groups in total. The Bertz CT molecular complexity index is 310. The van der Waals surface area contributed by atoms with Crippen LogP contribution in [-0.4, -0.2) is 23.1 Å². The van der Waals surface area contributed by atoms with Gasteiger partial charge in [0.1, 0.15) is 0 Å². The van der Waals surface area contributed by atoms with Crippen LogP contribution in [0.2, 0.25) is 0 Å². The second-order valence-corrected chi connectivity index (χ2v) is 2.77. The van der Waals surface area contributed by atoms with Crippen LogP contribution in [0.1, 0.15) is 25.7 Å². The molecular weight excluding hydrogens is 198 g/mol. The average Bonchev–Trinajstić information content (AvgIpc) is 2.22. The molecule has 0 aromatic rings. The number of nitriles is 1. The fourth-order valence-corrected chi connectivity index (χ4v) is 0.890. The van der Waals surface area contributed by atoms with Crippen LogP contribution in [0.15, 0.2) is 0 Å². The van der Waals surface area contributed by atoms with Gasteiger partial charge in [-0.05, 0) is 19.3 Å². The predicted octanol–water partition coefficient (Wildman–Crippen LogP) is 0.700. The highest BCUT2D eigenvalue weighted by atomic mass is 16.6. The number of carbonyl (C=O) groups is 2. The van der Waals surface area contributed by atoms with E-state index in [0.717, 1.165) is 0 Å². The monoisotopic (exact) mass is 209 g/mol. The smallest absolute Gasteiger partial charge is 0.418 e. The first-order chi connectivity index (χ1) is 7.11. The number of unbranched alkanes of at least 4 members (excludes halogenated alkanes) is 2. The molecule has 5 heteroatoms. The van der Waals surface area contributed by atoms with Crippen LogP contribution >= 0.6 is 0 Å². The van der Waals surface area contributed by atoms with Crippen LogP contribution in [0.4, 0.5) is 0 Å². The summed E-state index contributed by atoms with van der Waals surface area (Å²) in [5, 5.41) is 16.5. The minimum atomic E-state index is -1.66. The maximum Gasteiger partial charge on any atom is 0.418 e. The lowest BCUT2D eigenvalue weighted by Gasteiger charge is -2.09. The van der Waals surface area contributed by atoms with Gasteiger partial charge in [-0.15, -0.1) is 6.42 Å². The second-order valence-electron chi connectivity index (χ2n) is 2.77. The highest BCUT2D eigenvalue weighted by Gasteiger charge is 2.17. The minimum absolute atomic E-state index is 0.372. The fourth-order valence-electron chi connectivity index (χ4n) is 0.890. The van der Waals surface area contributed by atoms with Gasteiger partial charge in [0.25, 0.3) is 0 Å². The average molecular weight is 209 g/mol. The van der Waals surface area contributed by atoms with Crippen LogP contribution in [0.3, 0.4) is 0 Å². The zero-order chi connectivity index (χ0) is 11.7. The lowest BCUT2D eigenvalue weighted by Crippen LogP contribution is -2.23. The first-order valence-corrected chi connectivity index (χ1v) is 4.38. The maximum absolute atomic E-state index is 10.6. The summed E-state index contributed by atoms with van der Waals surface area (Å²) in [6.07, 6.45) is 6.28.